The summed E-state index contributed by atoms with van der Waals surface area (Å²) in [5.41, 5.74) is 4.64. The third-order valence-corrected chi connectivity index (χ3v) is 5.02. The van der Waals surface area contributed by atoms with Crippen LogP contribution in [0.1, 0.15) is 5.56 Å². The number of aryl methyl sites for hydroxylation is 1. The first-order valence-electron chi connectivity index (χ1n) is 9.74. The van der Waals surface area contributed by atoms with Crippen molar-refractivity contribution in [2.75, 3.05) is 12.4 Å². The van der Waals surface area contributed by atoms with Crippen molar-refractivity contribution in [1.29, 1.82) is 0 Å². The Morgan fingerprint density at radius 2 is 1.87 bits per heavy atom. The van der Waals surface area contributed by atoms with E-state index in [1.807, 2.05) is 66.3 Å². The minimum absolute atomic E-state index is 0.504. The highest BCUT2D eigenvalue weighted by Gasteiger charge is 2.10. The van der Waals surface area contributed by atoms with E-state index in [-0.39, 0.29) is 0 Å². The molecule has 31 heavy (non-hydrogen) atoms. The van der Waals surface area contributed by atoms with E-state index in [2.05, 4.69) is 30.7 Å². The molecule has 5 aromatic rings. The van der Waals surface area contributed by atoms with E-state index in [1.54, 1.807) is 24.2 Å². The van der Waals surface area contributed by atoms with Gasteiger partial charge in [0.15, 0.2) is 0 Å². The number of nitrogens with one attached hydrogen (secondary N) is 1. The SMILES string of the molecule is COc1ccc(Cn2nnc3cc(-c4ccnc(Nc5ccnn5C)n4)ccc32)cc1. The third kappa shape index (κ3) is 3.80. The van der Waals surface area contributed by atoms with E-state index in [4.69, 9.17) is 4.74 Å². The second-order valence-electron chi connectivity index (χ2n) is 7.03. The van der Waals surface area contributed by atoms with Gasteiger partial charge in [-0.25, -0.2) is 14.6 Å². The molecule has 2 aromatic carbocycles. The van der Waals surface area contributed by atoms with Crippen LogP contribution in [0.4, 0.5) is 11.8 Å². The molecule has 0 saturated heterocycles. The molecule has 0 unspecified atom stereocenters. The summed E-state index contributed by atoms with van der Waals surface area (Å²) >= 11 is 0. The van der Waals surface area contributed by atoms with Crippen LogP contribution in [0, 0.1) is 0 Å². The van der Waals surface area contributed by atoms with Gasteiger partial charge in [0, 0.05) is 24.9 Å². The summed E-state index contributed by atoms with van der Waals surface area (Å²) in [5.74, 6) is 2.15. The molecule has 0 atom stereocenters. The van der Waals surface area contributed by atoms with Crippen LogP contribution in [0.15, 0.2) is 67.0 Å². The fourth-order valence-corrected chi connectivity index (χ4v) is 3.34. The highest BCUT2D eigenvalue weighted by molar-refractivity contribution is 5.80. The topological polar surface area (TPSA) is 95.6 Å². The number of hydrogen-bond acceptors (Lipinski definition) is 7. The van der Waals surface area contributed by atoms with Crippen molar-refractivity contribution < 1.29 is 4.74 Å². The molecule has 0 amide bonds. The molecule has 0 aliphatic heterocycles. The lowest BCUT2D eigenvalue weighted by atomic mass is 10.1. The average Bonchev–Trinajstić information content (AvgIpc) is 3.40. The van der Waals surface area contributed by atoms with Crippen molar-refractivity contribution in [2.45, 2.75) is 6.54 Å². The van der Waals surface area contributed by atoms with Gasteiger partial charge in [0.05, 0.1) is 31.1 Å². The molecule has 0 saturated carbocycles. The van der Waals surface area contributed by atoms with Gasteiger partial charge in [0.1, 0.15) is 17.1 Å². The number of hydrogen-bond donors (Lipinski definition) is 1. The average molecular weight is 412 g/mol. The van der Waals surface area contributed by atoms with E-state index >= 15 is 0 Å². The van der Waals surface area contributed by atoms with E-state index < -0.39 is 0 Å². The first-order valence-corrected chi connectivity index (χ1v) is 9.74. The smallest absolute Gasteiger partial charge is 0.228 e. The Bertz CT molecular complexity index is 1340. The molecule has 9 nitrogen and oxygen atoms in total. The highest BCUT2D eigenvalue weighted by Crippen LogP contribution is 2.24. The van der Waals surface area contributed by atoms with Crippen LogP contribution >= 0.6 is 0 Å². The Balaban J connectivity index is 1.40. The molecular formula is C22H20N8O. The van der Waals surface area contributed by atoms with E-state index in [1.165, 1.54) is 0 Å². The van der Waals surface area contributed by atoms with E-state index in [0.717, 1.165) is 39.4 Å². The summed E-state index contributed by atoms with van der Waals surface area (Å²) in [6, 6.07) is 17.7. The number of nitrogens with zero attached hydrogens (tertiary/aromatic N) is 7. The number of benzene rings is 2. The van der Waals surface area contributed by atoms with Crippen molar-refractivity contribution in [3.05, 3.63) is 72.6 Å². The maximum absolute atomic E-state index is 5.22. The summed E-state index contributed by atoms with van der Waals surface area (Å²) in [5, 5.41) is 16.0. The normalized spacial score (nSPS) is 11.0. The van der Waals surface area contributed by atoms with Crippen LogP contribution in [-0.4, -0.2) is 41.9 Å². The molecule has 9 heteroatoms. The first kappa shape index (κ1) is 18.7. The molecule has 3 heterocycles. The molecule has 0 aliphatic carbocycles. The summed E-state index contributed by atoms with van der Waals surface area (Å²) in [4.78, 5) is 8.93. The molecule has 0 spiro atoms. The quantitative estimate of drug-likeness (QED) is 0.456. The van der Waals surface area contributed by atoms with Gasteiger partial charge in [-0.15, -0.1) is 5.10 Å². The Morgan fingerprint density at radius 3 is 2.65 bits per heavy atom. The molecule has 0 fully saturated rings. The Morgan fingerprint density at radius 1 is 1.00 bits per heavy atom. The molecule has 0 aliphatic rings. The third-order valence-electron chi connectivity index (χ3n) is 5.02. The zero-order chi connectivity index (χ0) is 21.2. The maximum Gasteiger partial charge on any atom is 0.228 e. The first-order chi connectivity index (χ1) is 15.2. The molecule has 0 bridgehead atoms. The van der Waals surface area contributed by atoms with Crippen molar-refractivity contribution in [1.82, 2.24) is 34.7 Å². The van der Waals surface area contributed by atoms with Crippen molar-refractivity contribution in [2.24, 2.45) is 7.05 Å². The maximum atomic E-state index is 5.22. The Hall–Kier alpha value is -4.27. The minimum Gasteiger partial charge on any atom is -0.497 e. The minimum atomic E-state index is 0.504. The number of rotatable bonds is 6. The van der Waals surface area contributed by atoms with Gasteiger partial charge in [-0.05, 0) is 35.9 Å². The second kappa shape index (κ2) is 7.86. The zero-order valence-electron chi connectivity index (χ0n) is 17.1. The van der Waals surface area contributed by atoms with E-state index in [0.29, 0.717) is 12.5 Å². The molecule has 0 radical (unpaired) electrons. The van der Waals surface area contributed by atoms with Gasteiger partial charge in [0.2, 0.25) is 5.95 Å². The fourth-order valence-electron chi connectivity index (χ4n) is 3.34. The summed E-state index contributed by atoms with van der Waals surface area (Å²) < 4.78 is 8.83. The number of methoxy groups -OCH3 is 1. The molecule has 5 rings (SSSR count). The summed E-state index contributed by atoms with van der Waals surface area (Å²) in [6.45, 7) is 0.631. The Kier molecular flexibility index (Phi) is 4.75. The number of fused-ring (bicyclic) bond motifs is 1. The second-order valence-corrected chi connectivity index (χ2v) is 7.03. The van der Waals surface area contributed by atoms with Crippen LogP contribution in [0.25, 0.3) is 22.3 Å². The highest BCUT2D eigenvalue weighted by atomic mass is 16.5. The zero-order valence-corrected chi connectivity index (χ0v) is 17.1. The van der Waals surface area contributed by atoms with Gasteiger partial charge < -0.3 is 10.1 Å². The van der Waals surface area contributed by atoms with Gasteiger partial charge in [-0.3, -0.25) is 4.68 Å². The van der Waals surface area contributed by atoms with Crippen molar-refractivity contribution >= 4 is 22.8 Å². The number of ether oxygens (including phenoxy) is 1. The lowest BCUT2D eigenvalue weighted by Gasteiger charge is -2.07. The molecular weight excluding hydrogens is 392 g/mol. The Labute approximate surface area is 178 Å². The van der Waals surface area contributed by atoms with Crippen molar-refractivity contribution in [3.8, 4) is 17.0 Å². The predicted molar refractivity (Wildman–Crippen MR) is 117 cm³/mol. The predicted octanol–water partition coefficient (Wildman–Crippen LogP) is 3.42. The van der Waals surface area contributed by atoms with Crippen LogP contribution in [0.5, 0.6) is 5.75 Å². The van der Waals surface area contributed by atoms with Crippen LogP contribution in [-0.2, 0) is 13.6 Å². The number of anilines is 2. The number of aromatic nitrogens is 7. The summed E-state index contributed by atoms with van der Waals surface area (Å²) in [7, 11) is 3.52. The largest absolute Gasteiger partial charge is 0.497 e. The van der Waals surface area contributed by atoms with Gasteiger partial charge in [0.25, 0.3) is 0 Å². The molecule has 3 aromatic heterocycles. The van der Waals surface area contributed by atoms with Crippen molar-refractivity contribution in [3.63, 3.8) is 0 Å². The fraction of sp³-hybridized carbons (Fsp3) is 0.136. The summed E-state index contributed by atoms with van der Waals surface area (Å²) in [6.07, 6.45) is 3.45. The lowest BCUT2D eigenvalue weighted by Crippen LogP contribution is -2.03. The van der Waals surface area contributed by atoms with Gasteiger partial charge in [-0.2, -0.15) is 5.10 Å². The van der Waals surface area contributed by atoms with E-state index in [9.17, 15) is 0 Å². The lowest BCUT2D eigenvalue weighted by molar-refractivity contribution is 0.414. The van der Waals surface area contributed by atoms with Gasteiger partial charge in [-0.1, -0.05) is 23.4 Å². The van der Waals surface area contributed by atoms with Crippen LogP contribution in [0.2, 0.25) is 0 Å². The monoisotopic (exact) mass is 412 g/mol. The van der Waals surface area contributed by atoms with Crippen LogP contribution < -0.4 is 10.1 Å². The molecule has 1 N–H and O–H groups in total. The van der Waals surface area contributed by atoms with Crippen LogP contribution in [0.3, 0.4) is 0 Å². The van der Waals surface area contributed by atoms with Gasteiger partial charge >= 0.3 is 0 Å². The standard InChI is InChI=1S/C22H20N8O/c1-29-21(10-12-24-29)26-22-23-11-9-18(25-22)16-5-8-20-19(13-16)27-28-30(20)14-15-3-6-17(31-2)7-4-15/h3-13H,14H2,1-2H3,(H,23,25,26). The molecule has 154 valence electrons.